The highest BCUT2D eigenvalue weighted by Crippen LogP contribution is 2.25. The van der Waals surface area contributed by atoms with Crippen LogP contribution >= 0.6 is 0 Å². The van der Waals surface area contributed by atoms with Crippen LogP contribution in [-0.4, -0.2) is 50.3 Å². The third-order valence-corrected chi connectivity index (χ3v) is 5.69. The third-order valence-electron chi connectivity index (χ3n) is 3.84. The minimum atomic E-state index is -4.09. The number of nitrogens with zero attached hydrogens (tertiary/aromatic N) is 2. The quantitative estimate of drug-likeness (QED) is 0.273. The van der Waals surface area contributed by atoms with Crippen molar-refractivity contribution >= 4 is 22.6 Å². The SMILES string of the molecule is C=C/C(=C\N=C)CN([C@@H](C(=O)NO)C(C)C)S(=O)(=O)c1ccc(OC)cc1. The van der Waals surface area contributed by atoms with Gasteiger partial charge in [-0.2, -0.15) is 4.31 Å². The number of ether oxygens (including phenoxy) is 1. The van der Waals surface area contributed by atoms with Crippen molar-refractivity contribution in [2.45, 2.75) is 24.8 Å². The number of rotatable bonds is 10. The second-order valence-electron chi connectivity index (χ2n) is 5.98. The van der Waals surface area contributed by atoms with E-state index in [1.54, 1.807) is 19.3 Å². The van der Waals surface area contributed by atoms with E-state index in [9.17, 15) is 13.2 Å². The van der Waals surface area contributed by atoms with E-state index >= 15 is 0 Å². The second kappa shape index (κ2) is 10.0. The van der Waals surface area contributed by atoms with Crippen molar-refractivity contribution in [2.24, 2.45) is 10.9 Å². The molecule has 9 heteroatoms. The molecule has 0 bridgehead atoms. The summed E-state index contributed by atoms with van der Waals surface area (Å²) in [6.45, 7) is 10.2. The molecule has 0 aliphatic heterocycles. The van der Waals surface area contributed by atoms with E-state index in [2.05, 4.69) is 18.3 Å². The van der Waals surface area contributed by atoms with Crippen molar-refractivity contribution in [2.75, 3.05) is 13.7 Å². The molecule has 1 rings (SSSR count). The molecule has 0 aromatic heterocycles. The molecular weight excluding hydrogens is 370 g/mol. The van der Waals surface area contributed by atoms with Gasteiger partial charge in [0, 0.05) is 12.7 Å². The van der Waals surface area contributed by atoms with Gasteiger partial charge in [-0.25, -0.2) is 13.9 Å². The summed E-state index contributed by atoms with van der Waals surface area (Å²) in [5, 5.41) is 9.10. The van der Waals surface area contributed by atoms with E-state index in [0.717, 1.165) is 4.31 Å². The Bertz CT molecular complexity index is 801. The monoisotopic (exact) mass is 395 g/mol. The predicted octanol–water partition coefficient (Wildman–Crippen LogP) is 1.99. The molecule has 0 heterocycles. The normalized spacial score (nSPS) is 13.3. The summed E-state index contributed by atoms with van der Waals surface area (Å²) in [5.41, 5.74) is 1.99. The summed E-state index contributed by atoms with van der Waals surface area (Å²) >= 11 is 0. The van der Waals surface area contributed by atoms with Crippen LogP contribution in [0.3, 0.4) is 0 Å². The summed E-state index contributed by atoms with van der Waals surface area (Å²) in [7, 11) is -2.62. The first-order valence-electron chi connectivity index (χ1n) is 8.10. The number of nitrogens with one attached hydrogen (secondary N) is 1. The van der Waals surface area contributed by atoms with Crippen molar-refractivity contribution in [1.29, 1.82) is 0 Å². The second-order valence-corrected chi connectivity index (χ2v) is 7.87. The van der Waals surface area contributed by atoms with Gasteiger partial charge in [-0.05, 0) is 42.5 Å². The largest absolute Gasteiger partial charge is 0.497 e. The van der Waals surface area contributed by atoms with Crippen LogP contribution in [0.25, 0.3) is 0 Å². The number of carbonyl (C=O) groups is 1. The Morgan fingerprint density at radius 3 is 2.37 bits per heavy atom. The number of hydroxylamine groups is 1. The lowest BCUT2D eigenvalue weighted by molar-refractivity contribution is -0.134. The van der Waals surface area contributed by atoms with Crippen LogP contribution < -0.4 is 10.2 Å². The van der Waals surface area contributed by atoms with Crippen LogP contribution in [0, 0.1) is 5.92 Å². The molecule has 1 aromatic rings. The highest BCUT2D eigenvalue weighted by molar-refractivity contribution is 7.89. The Kier molecular flexibility index (Phi) is 8.35. The molecular formula is C18H25N3O5S. The molecule has 0 aliphatic rings. The Morgan fingerprint density at radius 2 is 1.96 bits per heavy atom. The number of sulfonamides is 1. The lowest BCUT2D eigenvalue weighted by Gasteiger charge is -2.32. The maximum Gasteiger partial charge on any atom is 0.262 e. The fourth-order valence-corrected chi connectivity index (χ4v) is 4.21. The molecule has 148 valence electrons. The fourth-order valence-electron chi connectivity index (χ4n) is 2.50. The van der Waals surface area contributed by atoms with Gasteiger partial charge >= 0.3 is 0 Å². The highest BCUT2D eigenvalue weighted by Gasteiger charge is 2.38. The van der Waals surface area contributed by atoms with E-state index in [4.69, 9.17) is 9.94 Å². The Morgan fingerprint density at radius 1 is 1.37 bits per heavy atom. The number of hydrogen-bond donors (Lipinski definition) is 2. The standard InChI is InChI=1S/C18H25N3O5S/c1-6-14(11-19-4)12-21(17(13(2)3)18(22)20-23)27(24,25)16-9-7-15(26-5)8-10-16/h6-11,13,17,23H,1,4,12H2,2-3,5H3,(H,20,22)/b14-11+/t17-/m1/s1. The minimum absolute atomic E-state index is 0.0188. The van der Waals surface area contributed by atoms with E-state index in [1.165, 1.54) is 43.7 Å². The van der Waals surface area contributed by atoms with Crippen LogP contribution in [0.15, 0.2) is 58.6 Å². The van der Waals surface area contributed by atoms with Gasteiger partial charge in [0.05, 0.1) is 12.0 Å². The molecule has 0 unspecified atom stereocenters. The van der Waals surface area contributed by atoms with Gasteiger partial charge in [-0.15, -0.1) is 0 Å². The molecule has 0 saturated carbocycles. The molecule has 1 atom stereocenters. The smallest absolute Gasteiger partial charge is 0.262 e. The topological polar surface area (TPSA) is 108 Å². The zero-order valence-electron chi connectivity index (χ0n) is 15.6. The molecule has 0 saturated heterocycles. The van der Waals surface area contributed by atoms with Crippen LogP contribution in [0.2, 0.25) is 0 Å². The molecule has 0 spiro atoms. The average Bonchev–Trinajstić information content (AvgIpc) is 2.66. The summed E-state index contributed by atoms with van der Waals surface area (Å²) in [6.07, 6.45) is 2.79. The van der Waals surface area contributed by atoms with E-state index in [0.29, 0.717) is 11.3 Å². The van der Waals surface area contributed by atoms with Gasteiger partial charge in [0.2, 0.25) is 10.0 Å². The van der Waals surface area contributed by atoms with E-state index in [1.807, 2.05) is 0 Å². The Balaban J connectivity index is 3.53. The number of carbonyl (C=O) groups excluding carboxylic acids is 1. The van der Waals surface area contributed by atoms with Gasteiger partial charge in [-0.1, -0.05) is 26.5 Å². The first kappa shape index (κ1) is 22.6. The van der Waals surface area contributed by atoms with Crippen LogP contribution in [0.4, 0.5) is 0 Å². The molecule has 2 N–H and O–H groups in total. The summed E-state index contributed by atoms with van der Waals surface area (Å²) < 4.78 is 32.6. The first-order valence-corrected chi connectivity index (χ1v) is 9.54. The van der Waals surface area contributed by atoms with Gasteiger partial charge in [0.15, 0.2) is 0 Å². The van der Waals surface area contributed by atoms with Crippen LogP contribution in [0.5, 0.6) is 5.75 Å². The van der Waals surface area contributed by atoms with Crippen molar-refractivity contribution in [1.82, 2.24) is 9.79 Å². The number of amides is 1. The molecule has 8 nitrogen and oxygen atoms in total. The number of hydrogen-bond acceptors (Lipinski definition) is 6. The summed E-state index contributed by atoms with van der Waals surface area (Å²) in [6, 6.07) is 4.64. The lowest BCUT2D eigenvalue weighted by atomic mass is 10.0. The summed E-state index contributed by atoms with van der Waals surface area (Å²) in [5.74, 6) is -0.762. The molecule has 0 radical (unpaired) electrons. The van der Waals surface area contributed by atoms with Gasteiger partial charge in [-0.3, -0.25) is 15.0 Å². The van der Waals surface area contributed by atoms with Crippen LogP contribution in [0.1, 0.15) is 13.8 Å². The van der Waals surface area contributed by atoms with E-state index in [-0.39, 0.29) is 11.4 Å². The Labute approximate surface area is 159 Å². The zero-order valence-corrected chi connectivity index (χ0v) is 16.4. The Hall–Kier alpha value is -2.49. The predicted molar refractivity (Wildman–Crippen MR) is 103 cm³/mol. The van der Waals surface area contributed by atoms with Crippen molar-refractivity contribution in [3.8, 4) is 5.75 Å². The number of aliphatic imine (C=N–C) groups is 1. The maximum atomic E-state index is 13.3. The van der Waals surface area contributed by atoms with Crippen LogP contribution in [-0.2, 0) is 14.8 Å². The van der Waals surface area contributed by atoms with Gasteiger partial charge in [0.25, 0.3) is 5.91 Å². The van der Waals surface area contributed by atoms with Crippen molar-refractivity contribution < 1.29 is 23.2 Å². The molecule has 0 aliphatic carbocycles. The number of benzene rings is 1. The average molecular weight is 395 g/mol. The zero-order chi connectivity index (χ0) is 20.6. The number of methoxy groups -OCH3 is 1. The summed E-state index contributed by atoms with van der Waals surface area (Å²) in [4.78, 5) is 15.8. The maximum absolute atomic E-state index is 13.3. The fraction of sp³-hybridized carbons (Fsp3) is 0.333. The van der Waals surface area contributed by atoms with Crippen molar-refractivity contribution in [3.63, 3.8) is 0 Å². The molecule has 1 amide bonds. The molecule has 0 fully saturated rings. The van der Waals surface area contributed by atoms with E-state index < -0.39 is 27.9 Å². The van der Waals surface area contributed by atoms with Gasteiger partial charge in [0.1, 0.15) is 11.8 Å². The lowest BCUT2D eigenvalue weighted by Crippen LogP contribution is -2.52. The first-order chi connectivity index (χ1) is 12.7. The third kappa shape index (κ3) is 5.49. The highest BCUT2D eigenvalue weighted by atomic mass is 32.2. The molecule has 27 heavy (non-hydrogen) atoms. The molecule has 1 aromatic carbocycles. The van der Waals surface area contributed by atoms with Crippen molar-refractivity contribution in [3.05, 3.63) is 48.7 Å². The minimum Gasteiger partial charge on any atom is -0.497 e. The van der Waals surface area contributed by atoms with Gasteiger partial charge < -0.3 is 4.74 Å².